The first kappa shape index (κ1) is 20.6. The van der Waals surface area contributed by atoms with E-state index < -0.39 is 11.5 Å². The van der Waals surface area contributed by atoms with E-state index in [0.717, 1.165) is 49.0 Å². The van der Waals surface area contributed by atoms with Crippen molar-refractivity contribution >= 4 is 17.7 Å². The number of nitrogens with one attached hydrogen (secondary N) is 1. The number of hydrogen-bond donors (Lipinski definition) is 3. The fourth-order valence-corrected chi connectivity index (χ4v) is 4.69. The zero-order chi connectivity index (χ0) is 21.1. The van der Waals surface area contributed by atoms with Crippen molar-refractivity contribution < 1.29 is 9.90 Å². The normalized spacial score (nSPS) is 22.9. The van der Waals surface area contributed by atoms with Crippen molar-refractivity contribution in [2.45, 2.75) is 57.6 Å². The quantitative estimate of drug-likeness (QED) is 0.675. The molecule has 1 aliphatic heterocycles. The van der Waals surface area contributed by atoms with Gasteiger partial charge < -0.3 is 21.1 Å². The first-order chi connectivity index (χ1) is 14.5. The van der Waals surface area contributed by atoms with Crippen LogP contribution in [-0.2, 0) is 17.6 Å². The van der Waals surface area contributed by atoms with Crippen LogP contribution in [0.5, 0.6) is 0 Å². The maximum absolute atomic E-state index is 13.5. The average Bonchev–Trinajstić information content (AvgIpc) is 2.72. The number of rotatable bonds is 6. The molecule has 160 valence electrons. The highest BCUT2D eigenvalue weighted by molar-refractivity contribution is 5.87. The lowest BCUT2D eigenvalue weighted by atomic mass is 9.73. The fourth-order valence-electron chi connectivity index (χ4n) is 4.69. The second-order valence-electron chi connectivity index (χ2n) is 8.66. The number of anilines is 2. The zero-order valence-corrected chi connectivity index (χ0v) is 17.6. The molecule has 7 nitrogen and oxygen atoms in total. The van der Waals surface area contributed by atoms with Gasteiger partial charge in [0.2, 0.25) is 11.9 Å². The molecule has 4 N–H and O–H groups in total. The Hall–Kier alpha value is -2.67. The Bertz CT molecular complexity index is 882. The molecule has 2 aliphatic rings. The van der Waals surface area contributed by atoms with Gasteiger partial charge in [-0.3, -0.25) is 4.79 Å². The van der Waals surface area contributed by atoms with Gasteiger partial charge in [0.1, 0.15) is 5.82 Å². The third-order valence-electron chi connectivity index (χ3n) is 6.44. The minimum Gasteiger partial charge on any atom is -0.391 e. The average molecular weight is 410 g/mol. The van der Waals surface area contributed by atoms with Gasteiger partial charge in [-0.05, 0) is 31.2 Å². The minimum atomic E-state index is -0.552. The molecular weight excluding hydrogens is 378 g/mol. The first-order valence-electron chi connectivity index (χ1n) is 10.9. The van der Waals surface area contributed by atoms with Crippen molar-refractivity contribution in [3.63, 3.8) is 0 Å². The van der Waals surface area contributed by atoms with Crippen LogP contribution in [0.3, 0.4) is 0 Å². The Balaban J connectivity index is 1.55. The topological polar surface area (TPSA) is 104 Å². The van der Waals surface area contributed by atoms with Gasteiger partial charge in [-0.1, -0.05) is 50.1 Å². The van der Waals surface area contributed by atoms with Crippen LogP contribution in [0.4, 0.5) is 11.8 Å². The SMILES string of the molecule is CCc1cnc(N)nc1N1CC(Cc2ccccc2)(C(=O)N[C@H]2CCCC[C@@H]2O)C1. The van der Waals surface area contributed by atoms with Crippen LogP contribution in [0, 0.1) is 5.41 Å². The minimum absolute atomic E-state index is 0.0219. The van der Waals surface area contributed by atoms with Crippen molar-refractivity contribution in [3.8, 4) is 0 Å². The van der Waals surface area contributed by atoms with Crippen molar-refractivity contribution in [2.75, 3.05) is 23.7 Å². The van der Waals surface area contributed by atoms with E-state index in [1.54, 1.807) is 6.20 Å². The fraction of sp³-hybridized carbons (Fsp3) is 0.522. The summed E-state index contributed by atoms with van der Waals surface area (Å²) in [4.78, 5) is 24.1. The van der Waals surface area contributed by atoms with Gasteiger partial charge in [-0.2, -0.15) is 4.98 Å². The Kier molecular flexibility index (Phi) is 5.90. The number of hydrogen-bond acceptors (Lipinski definition) is 6. The highest BCUT2D eigenvalue weighted by atomic mass is 16.3. The third-order valence-corrected chi connectivity index (χ3v) is 6.44. The molecule has 7 heteroatoms. The lowest BCUT2D eigenvalue weighted by molar-refractivity contribution is -0.134. The molecule has 0 radical (unpaired) electrons. The summed E-state index contributed by atoms with van der Waals surface area (Å²) in [7, 11) is 0. The van der Waals surface area contributed by atoms with E-state index >= 15 is 0 Å². The molecule has 1 saturated carbocycles. The molecule has 4 rings (SSSR count). The Labute approximate surface area is 177 Å². The highest BCUT2D eigenvalue weighted by Crippen LogP contribution is 2.39. The van der Waals surface area contributed by atoms with Crippen LogP contribution in [0.1, 0.15) is 43.7 Å². The number of nitrogens with two attached hydrogens (primary N) is 1. The molecule has 0 spiro atoms. The molecule has 2 fully saturated rings. The highest BCUT2D eigenvalue weighted by Gasteiger charge is 2.50. The van der Waals surface area contributed by atoms with E-state index in [2.05, 4.69) is 39.2 Å². The molecule has 0 unspecified atom stereocenters. The number of aliphatic hydroxyl groups is 1. The van der Waals surface area contributed by atoms with E-state index in [1.165, 1.54) is 0 Å². The molecule has 1 saturated heterocycles. The predicted molar refractivity (Wildman–Crippen MR) is 117 cm³/mol. The maximum Gasteiger partial charge on any atom is 0.230 e. The summed E-state index contributed by atoms with van der Waals surface area (Å²) < 4.78 is 0. The number of amides is 1. The number of nitrogen functional groups attached to an aromatic ring is 1. The number of nitrogens with zero attached hydrogens (tertiary/aromatic N) is 3. The molecule has 2 heterocycles. The van der Waals surface area contributed by atoms with E-state index in [0.29, 0.717) is 19.5 Å². The van der Waals surface area contributed by atoms with Crippen molar-refractivity contribution in [3.05, 3.63) is 47.7 Å². The van der Waals surface area contributed by atoms with Crippen LogP contribution in [0.25, 0.3) is 0 Å². The summed E-state index contributed by atoms with van der Waals surface area (Å²) in [5.41, 5.74) is 7.44. The summed E-state index contributed by atoms with van der Waals surface area (Å²) in [6.07, 6.45) is 6.42. The van der Waals surface area contributed by atoms with E-state index in [4.69, 9.17) is 5.73 Å². The zero-order valence-electron chi connectivity index (χ0n) is 17.6. The van der Waals surface area contributed by atoms with Gasteiger partial charge in [0, 0.05) is 24.8 Å². The summed E-state index contributed by atoms with van der Waals surface area (Å²) in [6.45, 7) is 3.20. The summed E-state index contributed by atoms with van der Waals surface area (Å²) >= 11 is 0. The molecule has 1 aromatic heterocycles. The largest absolute Gasteiger partial charge is 0.391 e. The second-order valence-corrected chi connectivity index (χ2v) is 8.66. The second kappa shape index (κ2) is 8.60. The van der Waals surface area contributed by atoms with Crippen LogP contribution in [-0.4, -0.2) is 46.2 Å². The van der Waals surface area contributed by atoms with Gasteiger partial charge in [-0.15, -0.1) is 0 Å². The number of carbonyl (C=O) groups is 1. The van der Waals surface area contributed by atoms with Crippen molar-refractivity contribution in [1.29, 1.82) is 0 Å². The van der Waals surface area contributed by atoms with Crippen LogP contribution in [0.2, 0.25) is 0 Å². The molecule has 2 atom stereocenters. The van der Waals surface area contributed by atoms with Crippen molar-refractivity contribution in [2.24, 2.45) is 5.41 Å². The molecular formula is C23H31N5O2. The summed E-state index contributed by atoms with van der Waals surface area (Å²) in [5.74, 6) is 1.09. The molecule has 1 aliphatic carbocycles. The summed E-state index contributed by atoms with van der Waals surface area (Å²) in [6, 6.07) is 9.96. The van der Waals surface area contributed by atoms with Gasteiger partial charge in [-0.25, -0.2) is 4.98 Å². The number of carbonyl (C=O) groups excluding carboxylic acids is 1. The molecule has 1 aromatic carbocycles. The van der Waals surface area contributed by atoms with Crippen LogP contribution in [0.15, 0.2) is 36.5 Å². The standard InChI is InChI=1S/C23H31N5O2/c1-2-17-13-25-22(24)27-20(17)28-14-23(15-28,12-16-8-4-3-5-9-16)21(30)26-18-10-6-7-11-19(18)29/h3-5,8-9,13,18-19,29H,2,6-7,10-12,14-15H2,1H3,(H,26,30)(H2,24,25,27)/t18-,19-/m0/s1. The number of aryl methyl sites for hydroxylation is 1. The first-order valence-corrected chi connectivity index (χ1v) is 10.9. The lowest BCUT2D eigenvalue weighted by Crippen LogP contribution is -2.66. The Morgan fingerprint density at radius 1 is 1.27 bits per heavy atom. The van der Waals surface area contributed by atoms with Gasteiger partial charge >= 0.3 is 0 Å². The number of aromatic nitrogens is 2. The predicted octanol–water partition coefficient (Wildman–Crippen LogP) is 2.09. The van der Waals surface area contributed by atoms with Crippen LogP contribution < -0.4 is 16.0 Å². The Morgan fingerprint density at radius 3 is 2.70 bits per heavy atom. The number of benzene rings is 1. The van der Waals surface area contributed by atoms with Gasteiger partial charge in [0.25, 0.3) is 0 Å². The van der Waals surface area contributed by atoms with E-state index in [-0.39, 0.29) is 17.9 Å². The number of aliphatic hydroxyl groups excluding tert-OH is 1. The van der Waals surface area contributed by atoms with Gasteiger partial charge in [0.15, 0.2) is 0 Å². The Morgan fingerprint density at radius 2 is 2.00 bits per heavy atom. The lowest BCUT2D eigenvalue weighted by Gasteiger charge is -2.50. The third kappa shape index (κ3) is 4.12. The monoisotopic (exact) mass is 409 g/mol. The van der Waals surface area contributed by atoms with E-state index in [9.17, 15) is 9.90 Å². The van der Waals surface area contributed by atoms with E-state index in [1.807, 2.05) is 18.2 Å². The van der Waals surface area contributed by atoms with Gasteiger partial charge in [0.05, 0.1) is 17.6 Å². The van der Waals surface area contributed by atoms with Crippen LogP contribution >= 0.6 is 0 Å². The maximum atomic E-state index is 13.5. The van der Waals surface area contributed by atoms with Crippen molar-refractivity contribution in [1.82, 2.24) is 15.3 Å². The smallest absolute Gasteiger partial charge is 0.230 e. The molecule has 2 aromatic rings. The molecule has 0 bridgehead atoms. The summed E-state index contributed by atoms with van der Waals surface area (Å²) in [5, 5.41) is 13.5. The molecule has 1 amide bonds. The molecule has 30 heavy (non-hydrogen) atoms.